The van der Waals surface area contributed by atoms with Crippen LogP contribution in [0.1, 0.15) is 152 Å². The third-order valence-electron chi connectivity index (χ3n) is 12.9. The van der Waals surface area contributed by atoms with Gasteiger partial charge < -0.3 is 31.7 Å². The first-order chi connectivity index (χ1) is 29.3. The molecule has 0 heterocycles. The van der Waals surface area contributed by atoms with E-state index in [1.807, 2.05) is 18.2 Å². The lowest BCUT2D eigenvalue weighted by Crippen LogP contribution is -2.43. The van der Waals surface area contributed by atoms with Crippen molar-refractivity contribution in [1.29, 1.82) is 0 Å². The molecule has 7 N–H and O–H groups in total. The molecule has 2 aliphatic carbocycles. The third-order valence-corrected chi connectivity index (χ3v) is 12.9. The Morgan fingerprint density at radius 2 is 1.00 bits per heavy atom. The number of nitrogens with two attached hydrogens (primary N) is 1. The minimum Gasteiger partial charge on any atom is -0.480 e. The monoisotopic (exact) mass is 844 g/mol. The molecule has 0 aliphatic heterocycles. The second-order valence-electron chi connectivity index (χ2n) is 17.4. The predicted molar refractivity (Wildman–Crippen MR) is 238 cm³/mol. The molecule has 3 atom stereocenters. The van der Waals surface area contributed by atoms with Gasteiger partial charge in [0.15, 0.2) is 5.41 Å². The number of hydrogen-bond acceptors (Lipinski definition) is 6. The Bertz CT molecular complexity index is 1820. The van der Waals surface area contributed by atoms with E-state index in [4.69, 9.17) is 5.73 Å². The summed E-state index contributed by atoms with van der Waals surface area (Å²) < 4.78 is 14.8. The highest BCUT2D eigenvalue weighted by Crippen LogP contribution is 2.40. The van der Waals surface area contributed by atoms with Gasteiger partial charge in [-0.25, -0.2) is 4.39 Å². The SMILES string of the molecule is CCCCCCCCCc1ccc(CNC2CCC(C(N)=O)(C(=O)O)C2)cc1.CCCCCCCc1ccc(-c2ccc(CNC3CCC(C(=O)O)(C(=O)O)C3)cc2F)cc1. The molecule has 2 aliphatic rings. The number of aryl methyl sites for hydroxylation is 2. The maximum atomic E-state index is 14.8. The van der Waals surface area contributed by atoms with Crippen molar-refractivity contribution in [1.82, 2.24) is 10.6 Å². The lowest BCUT2D eigenvalue weighted by atomic mass is 9.85. The van der Waals surface area contributed by atoms with E-state index in [0.29, 0.717) is 37.9 Å². The van der Waals surface area contributed by atoms with Crippen molar-refractivity contribution >= 4 is 23.8 Å². The summed E-state index contributed by atoms with van der Waals surface area (Å²) in [5.74, 6) is -4.72. The van der Waals surface area contributed by atoms with Crippen molar-refractivity contribution in [3.05, 3.63) is 94.8 Å². The number of amides is 1. The molecule has 0 spiro atoms. The van der Waals surface area contributed by atoms with Crippen molar-refractivity contribution in [2.75, 3.05) is 0 Å². The van der Waals surface area contributed by atoms with Crippen LogP contribution in [0.25, 0.3) is 11.1 Å². The molecule has 0 bridgehead atoms. The zero-order valence-electron chi connectivity index (χ0n) is 36.5. The highest BCUT2D eigenvalue weighted by atomic mass is 19.1. The van der Waals surface area contributed by atoms with Crippen LogP contribution in [0.3, 0.4) is 0 Å². The number of carbonyl (C=O) groups is 4. The van der Waals surface area contributed by atoms with Gasteiger partial charge in [-0.3, -0.25) is 19.2 Å². The Morgan fingerprint density at radius 3 is 1.44 bits per heavy atom. The fourth-order valence-electron chi connectivity index (χ4n) is 8.76. The average molecular weight is 844 g/mol. The summed E-state index contributed by atoms with van der Waals surface area (Å²) >= 11 is 0. The Labute approximate surface area is 362 Å². The number of carboxylic acid groups (broad SMARTS) is 3. The molecule has 5 rings (SSSR count). The number of nitrogens with one attached hydrogen (secondary N) is 2. The lowest BCUT2D eigenvalue weighted by Gasteiger charge is -2.20. The van der Waals surface area contributed by atoms with Gasteiger partial charge in [-0.15, -0.1) is 0 Å². The number of primary amides is 1. The summed E-state index contributed by atoms with van der Waals surface area (Å²) in [7, 11) is 0. The van der Waals surface area contributed by atoms with Gasteiger partial charge in [-0.1, -0.05) is 139 Å². The van der Waals surface area contributed by atoms with Gasteiger partial charge in [-0.05, 0) is 98.1 Å². The fraction of sp³-hybridized carbons (Fsp3) is 0.560. The molecule has 2 saturated carbocycles. The molecule has 10 nitrogen and oxygen atoms in total. The maximum absolute atomic E-state index is 14.8. The van der Waals surface area contributed by atoms with Gasteiger partial charge in [0.2, 0.25) is 5.91 Å². The van der Waals surface area contributed by atoms with Crippen molar-refractivity contribution < 1.29 is 38.9 Å². The smallest absolute Gasteiger partial charge is 0.321 e. The van der Waals surface area contributed by atoms with Crippen LogP contribution in [-0.2, 0) is 45.1 Å². The van der Waals surface area contributed by atoms with Crippen LogP contribution in [0.15, 0.2) is 66.7 Å². The topological polar surface area (TPSA) is 179 Å². The van der Waals surface area contributed by atoms with Crippen molar-refractivity contribution in [3.8, 4) is 11.1 Å². The van der Waals surface area contributed by atoms with Crippen LogP contribution in [0.4, 0.5) is 4.39 Å². The first-order valence-corrected chi connectivity index (χ1v) is 22.8. The molecule has 0 saturated heterocycles. The van der Waals surface area contributed by atoms with Crippen molar-refractivity contribution in [2.45, 2.75) is 167 Å². The lowest BCUT2D eigenvalue weighted by molar-refractivity contribution is -0.164. The normalized spacial score (nSPS) is 19.3. The first-order valence-electron chi connectivity index (χ1n) is 22.8. The van der Waals surface area contributed by atoms with E-state index >= 15 is 0 Å². The molecule has 3 aromatic rings. The van der Waals surface area contributed by atoms with Gasteiger partial charge in [0.05, 0.1) is 0 Å². The molecule has 0 radical (unpaired) electrons. The molecule has 3 unspecified atom stereocenters. The largest absolute Gasteiger partial charge is 0.480 e. The zero-order chi connectivity index (χ0) is 44.3. The molecule has 2 fully saturated rings. The molecule has 61 heavy (non-hydrogen) atoms. The van der Waals surface area contributed by atoms with Gasteiger partial charge >= 0.3 is 17.9 Å². The Kier molecular flexibility index (Phi) is 19.9. The van der Waals surface area contributed by atoms with Crippen LogP contribution >= 0.6 is 0 Å². The molecular weight excluding hydrogens is 774 g/mol. The van der Waals surface area contributed by atoms with Crippen molar-refractivity contribution in [3.63, 3.8) is 0 Å². The molecular formula is C50H70FN3O7. The van der Waals surface area contributed by atoms with Crippen LogP contribution in [0, 0.1) is 16.6 Å². The number of aliphatic carboxylic acids is 3. The van der Waals surface area contributed by atoms with Gasteiger partial charge in [0, 0.05) is 30.7 Å². The third kappa shape index (κ3) is 14.5. The number of rotatable bonds is 25. The summed E-state index contributed by atoms with van der Waals surface area (Å²) in [5.41, 5.74) is 8.16. The number of hydrogen-bond donors (Lipinski definition) is 6. The van der Waals surface area contributed by atoms with Crippen LogP contribution < -0.4 is 16.4 Å². The number of benzene rings is 3. The number of carbonyl (C=O) groups excluding carboxylic acids is 1. The molecule has 334 valence electrons. The fourth-order valence-corrected chi connectivity index (χ4v) is 8.76. The molecule has 1 amide bonds. The average Bonchev–Trinajstić information content (AvgIpc) is 3.90. The Balaban J connectivity index is 0.000000272. The molecule has 0 aromatic heterocycles. The zero-order valence-corrected chi connectivity index (χ0v) is 36.5. The first kappa shape index (κ1) is 49.0. The van der Waals surface area contributed by atoms with E-state index in [2.05, 4.69) is 60.9 Å². The summed E-state index contributed by atoms with van der Waals surface area (Å²) in [6, 6.07) is 21.6. The van der Waals surface area contributed by atoms with E-state index in [1.165, 1.54) is 99.8 Å². The quantitative estimate of drug-likeness (QED) is 0.0358. The highest BCUT2D eigenvalue weighted by Gasteiger charge is 2.52. The van der Waals surface area contributed by atoms with Crippen LogP contribution in [0.2, 0.25) is 0 Å². The summed E-state index contributed by atoms with van der Waals surface area (Å²) in [6.45, 7) is 5.49. The molecule has 11 heteroatoms. The van der Waals surface area contributed by atoms with E-state index < -0.39 is 34.6 Å². The number of carboxylic acids is 3. The number of halogens is 1. The van der Waals surface area contributed by atoms with Crippen LogP contribution in [-0.4, -0.2) is 51.2 Å². The van der Waals surface area contributed by atoms with E-state index in [0.717, 1.165) is 24.0 Å². The van der Waals surface area contributed by atoms with E-state index in [-0.39, 0.29) is 37.2 Å². The van der Waals surface area contributed by atoms with Crippen molar-refractivity contribution in [2.24, 2.45) is 16.6 Å². The van der Waals surface area contributed by atoms with Crippen LogP contribution in [0.5, 0.6) is 0 Å². The van der Waals surface area contributed by atoms with E-state index in [1.54, 1.807) is 6.07 Å². The summed E-state index contributed by atoms with van der Waals surface area (Å²) in [4.78, 5) is 46.0. The maximum Gasteiger partial charge on any atom is 0.321 e. The standard InChI is InChI=1S/C27H34FNO4.C23H36N2O3/c1-2-3-4-5-6-7-19-8-11-21(12-9-19)23-13-10-20(16-24(23)28)18-29-22-14-15-27(17-22,25(30)31)26(32)33;1-2-3-4-5-6-7-8-9-18-10-12-19(13-11-18)17-25-20-14-15-23(16-20,21(24)26)22(27)28/h8-13,16,22,29H,2-7,14-15,17-18H2,1H3,(H,30,31)(H,32,33);10-13,20,25H,2-9,14-17H2,1H3,(H2,24,26)(H,27,28). The summed E-state index contributed by atoms with van der Waals surface area (Å²) in [6.07, 6.45) is 19.5. The second-order valence-corrected chi connectivity index (χ2v) is 17.4. The minimum absolute atomic E-state index is 0.0102. The van der Waals surface area contributed by atoms with Gasteiger partial charge in [0.25, 0.3) is 0 Å². The molecule has 3 aromatic carbocycles. The minimum atomic E-state index is -1.73. The summed E-state index contributed by atoms with van der Waals surface area (Å²) in [5, 5.41) is 34.7. The predicted octanol–water partition coefficient (Wildman–Crippen LogP) is 9.98. The Hall–Kier alpha value is -4.61. The second kappa shape index (κ2) is 24.7. The van der Waals surface area contributed by atoms with E-state index in [9.17, 15) is 38.9 Å². The number of unbranched alkanes of at least 4 members (excludes halogenated alkanes) is 10. The van der Waals surface area contributed by atoms with Gasteiger partial charge in [-0.2, -0.15) is 0 Å². The highest BCUT2D eigenvalue weighted by molar-refractivity contribution is 6.01. The van der Waals surface area contributed by atoms with Gasteiger partial charge in [0.1, 0.15) is 11.2 Å². The Morgan fingerprint density at radius 1 is 0.590 bits per heavy atom.